The van der Waals surface area contributed by atoms with Gasteiger partial charge in [-0.05, 0) is 24.2 Å². The Morgan fingerprint density at radius 3 is 2.50 bits per heavy atom. The summed E-state index contributed by atoms with van der Waals surface area (Å²) in [7, 11) is -1.75. The van der Waals surface area contributed by atoms with Crippen molar-refractivity contribution >= 4 is 10.0 Å². The predicted octanol–water partition coefficient (Wildman–Crippen LogP) is 2.30. The van der Waals surface area contributed by atoms with Crippen LogP contribution in [-0.2, 0) is 17.1 Å². The van der Waals surface area contributed by atoms with E-state index in [4.69, 9.17) is 0 Å². The van der Waals surface area contributed by atoms with Crippen LogP contribution in [0.15, 0.2) is 17.3 Å². The zero-order valence-corrected chi connectivity index (χ0v) is 13.6. The fourth-order valence-electron chi connectivity index (χ4n) is 3.11. The minimum Gasteiger partial charge on any atom is -0.274 e. The first-order valence-corrected chi connectivity index (χ1v) is 8.69. The highest BCUT2D eigenvalue weighted by Crippen LogP contribution is 2.38. The predicted molar refractivity (Wildman–Crippen MR) is 78.7 cm³/mol. The highest BCUT2D eigenvalue weighted by atomic mass is 32.2. The molecule has 1 N–H and O–H groups in total. The number of aromatic nitrogens is 2. The maximum absolute atomic E-state index is 12.4. The van der Waals surface area contributed by atoms with E-state index in [2.05, 4.69) is 30.6 Å². The maximum Gasteiger partial charge on any atom is 0.243 e. The molecule has 0 bridgehead atoms. The molecule has 6 heteroatoms. The van der Waals surface area contributed by atoms with Gasteiger partial charge in [0, 0.05) is 19.3 Å². The number of hydrogen-bond donors (Lipinski definition) is 1. The van der Waals surface area contributed by atoms with Crippen LogP contribution in [0.2, 0.25) is 0 Å². The molecular weight excluding hydrogens is 274 g/mol. The van der Waals surface area contributed by atoms with Crippen molar-refractivity contribution in [1.29, 1.82) is 0 Å². The van der Waals surface area contributed by atoms with E-state index in [0.717, 1.165) is 19.3 Å². The van der Waals surface area contributed by atoms with Gasteiger partial charge in [-0.25, -0.2) is 13.1 Å². The summed E-state index contributed by atoms with van der Waals surface area (Å²) in [5.41, 5.74) is 0.114. The Balaban J connectivity index is 2.18. The van der Waals surface area contributed by atoms with Crippen LogP contribution in [0.4, 0.5) is 0 Å². The molecule has 114 valence electrons. The van der Waals surface area contributed by atoms with Crippen LogP contribution in [0.3, 0.4) is 0 Å². The maximum atomic E-state index is 12.4. The zero-order valence-electron chi connectivity index (χ0n) is 12.8. The van der Waals surface area contributed by atoms with Gasteiger partial charge in [-0.3, -0.25) is 4.68 Å². The van der Waals surface area contributed by atoms with E-state index >= 15 is 0 Å². The average molecular weight is 299 g/mol. The summed E-state index contributed by atoms with van der Waals surface area (Å²) >= 11 is 0. The van der Waals surface area contributed by atoms with E-state index in [1.165, 1.54) is 23.5 Å². The lowest BCUT2D eigenvalue weighted by Gasteiger charge is -2.40. The molecule has 1 aliphatic rings. The zero-order chi connectivity index (χ0) is 15.0. The number of nitrogens with zero attached hydrogens (tertiary/aromatic N) is 2. The summed E-state index contributed by atoms with van der Waals surface area (Å²) in [4.78, 5) is 0.248. The minimum atomic E-state index is -3.47. The number of rotatable bonds is 3. The fraction of sp³-hybridized carbons (Fsp3) is 0.786. The molecule has 5 nitrogen and oxygen atoms in total. The van der Waals surface area contributed by atoms with Crippen molar-refractivity contribution in [2.45, 2.75) is 57.4 Å². The molecule has 1 heterocycles. The van der Waals surface area contributed by atoms with Gasteiger partial charge in [0.15, 0.2) is 0 Å². The SMILES string of the molecule is Cn1cc(S(=O)(=O)NC2CCCCC2C(C)(C)C)cn1. The van der Waals surface area contributed by atoms with Crippen molar-refractivity contribution in [3.8, 4) is 0 Å². The summed E-state index contributed by atoms with van der Waals surface area (Å²) in [6, 6.07) is 0.0222. The first kappa shape index (κ1) is 15.5. The van der Waals surface area contributed by atoms with Gasteiger partial charge < -0.3 is 0 Å². The first-order chi connectivity index (χ1) is 9.20. The lowest BCUT2D eigenvalue weighted by Crippen LogP contribution is -2.46. The second-order valence-electron chi connectivity index (χ2n) is 6.83. The van der Waals surface area contributed by atoms with Crippen LogP contribution in [0.25, 0.3) is 0 Å². The van der Waals surface area contributed by atoms with Crippen molar-refractivity contribution in [3.63, 3.8) is 0 Å². The molecule has 2 atom stereocenters. The van der Waals surface area contributed by atoms with Crippen LogP contribution in [0.5, 0.6) is 0 Å². The van der Waals surface area contributed by atoms with Crippen molar-refractivity contribution in [1.82, 2.24) is 14.5 Å². The molecule has 0 aliphatic heterocycles. The molecule has 0 spiro atoms. The van der Waals surface area contributed by atoms with Gasteiger partial charge in [-0.2, -0.15) is 5.10 Å². The monoisotopic (exact) mass is 299 g/mol. The van der Waals surface area contributed by atoms with E-state index in [1.54, 1.807) is 7.05 Å². The van der Waals surface area contributed by atoms with Crippen molar-refractivity contribution in [2.75, 3.05) is 0 Å². The summed E-state index contributed by atoms with van der Waals surface area (Å²) in [5, 5.41) is 3.94. The highest BCUT2D eigenvalue weighted by molar-refractivity contribution is 7.89. The van der Waals surface area contributed by atoms with Crippen molar-refractivity contribution in [2.24, 2.45) is 18.4 Å². The van der Waals surface area contributed by atoms with Crippen molar-refractivity contribution < 1.29 is 8.42 Å². The first-order valence-electron chi connectivity index (χ1n) is 7.21. The Labute approximate surface area is 121 Å². The van der Waals surface area contributed by atoms with Gasteiger partial charge in [0.1, 0.15) is 4.90 Å². The molecule has 2 unspecified atom stereocenters. The van der Waals surface area contributed by atoms with Gasteiger partial charge in [0.05, 0.1) is 6.20 Å². The second-order valence-corrected chi connectivity index (χ2v) is 8.55. The summed E-state index contributed by atoms with van der Waals surface area (Å²) in [6.07, 6.45) is 7.22. The number of sulfonamides is 1. The molecule has 1 saturated carbocycles. The largest absolute Gasteiger partial charge is 0.274 e. The Morgan fingerprint density at radius 2 is 1.95 bits per heavy atom. The van der Waals surface area contributed by atoms with Crippen molar-refractivity contribution in [3.05, 3.63) is 12.4 Å². The second kappa shape index (κ2) is 5.48. The lowest BCUT2D eigenvalue weighted by atomic mass is 9.70. The van der Waals surface area contributed by atoms with Crippen LogP contribution in [0.1, 0.15) is 46.5 Å². The summed E-state index contributed by atoms with van der Waals surface area (Å²) < 4.78 is 29.3. The summed E-state index contributed by atoms with van der Waals surface area (Å²) in [6.45, 7) is 6.57. The normalized spacial score (nSPS) is 24.8. The summed E-state index contributed by atoms with van der Waals surface area (Å²) in [5.74, 6) is 0.377. The van der Waals surface area contributed by atoms with E-state index < -0.39 is 10.0 Å². The van der Waals surface area contributed by atoms with Gasteiger partial charge in [0.25, 0.3) is 0 Å². The van der Waals surface area contributed by atoms with Gasteiger partial charge >= 0.3 is 0 Å². The molecule has 0 radical (unpaired) electrons. The molecule has 20 heavy (non-hydrogen) atoms. The van der Waals surface area contributed by atoms with Crippen LogP contribution in [0, 0.1) is 11.3 Å². The van der Waals surface area contributed by atoms with Crippen LogP contribution >= 0.6 is 0 Å². The Kier molecular flexibility index (Phi) is 4.25. The number of aryl methyl sites for hydroxylation is 1. The van der Waals surface area contributed by atoms with Gasteiger partial charge in [0.2, 0.25) is 10.0 Å². The molecule has 1 fully saturated rings. The molecule has 0 saturated heterocycles. The Bertz CT molecular complexity index is 557. The third-order valence-corrected chi connectivity index (χ3v) is 5.62. The van der Waals surface area contributed by atoms with E-state index in [1.807, 2.05) is 0 Å². The molecule has 2 rings (SSSR count). The van der Waals surface area contributed by atoms with E-state index in [0.29, 0.717) is 5.92 Å². The molecule has 1 aromatic rings. The third-order valence-electron chi connectivity index (χ3n) is 4.18. The fourth-order valence-corrected chi connectivity index (χ4v) is 4.41. The molecule has 1 aliphatic carbocycles. The van der Waals surface area contributed by atoms with Crippen LogP contribution in [-0.4, -0.2) is 24.2 Å². The smallest absolute Gasteiger partial charge is 0.243 e. The molecular formula is C14H25N3O2S. The Morgan fingerprint density at radius 1 is 1.30 bits per heavy atom. The van der Waals surface area contributed by atoms with Gasteiger partial charge in [-0.1, -0.05) is 33.6 Å². The van der Waals surface area contributed by atoms with Gasteiger partial charge in [-0.15, -0.1) is 0 Å². The van der Waals surface area contributed by atoms with E-state index in [9.17, 15) is 8.42 Å². The third kappa shape index (κ3) is 3.41. The number of hydrogen-bond acceptors (Lipinski definition) is 3. The van der Waals surface area contributed by atoms with Crippen LogP contribution < -0.4 is 4.72 Å². The Hall–Kier alpha value is -0.880. The number of nitrogens with one attached hydrogen (secondary N) is 1. The minimum absolute atomic E-state index is 0.0222. The molecule has 0 aromatic carbocycles. The lowest BCUT2D eigenvalue weighted by molar-refractivity contribution is 0.144. The quantitative estimate of drug-likeness (QED) is 0.931. The van der Waals surface area contributed by atoms with E-state index in [-0.39, 0.29) is 16.4 Å². The molecule has 0 amide bonds. The molecule has 1 aromatic heterocycles. The topological polar surface area (TPSA) is 64.0 Å². The highest BCUT2D eigenvalue weighted by Gasteiger charge is 2.36. The average Bonchev–Trinajstić information content (AvgIpc) is 2.75. The standard InChI is InChI=1S/C14H25N3O2S/c1-14(2,3)12-7-5-6-8-13(12)16-20(18,19)11-9-15-17(4)10-11/h9-10,12-13,16H,5-8H2,1-4H3.